The van der Waals surface area contributed by atoms with Crippen LogP contribution < -0.4 is 4.74 Å². The topological polar surface area (TPSA) is 79.2 Å². The van der Waals surface area contributed by atoms with Crippen molar-refractivity contribution in [1.82, 2.24) is 0 Å². The molecule has 1 aromatic carbocycles. The van der Waals surface area contributed by atoms with Crippen molar-refractivity contribution in [1.29, 1.82) is 0 Å². The van der Waals surface area contributed by atoms with Crippen LogP contribution in [0.2, 0.25) is 0 Å². The standard InChI is InChI=1S/C18H25F3O5/c1-11-15(23)16(24)14(10-22)26-17(11)12-5-4-6-13(9-12)25-8-3-2-7-18(19,20)21/h4-6,9,11,14-17,22-24H,2-3,7-8,10H2,1H3/t11-,14+,15+,16+,17?/m0/s1. The summed E-state index contributed by atoms with van der Waals surface area (Å²) >= 11 is 0. The van der Waals surface area contributed by atoms with E-state index < -0.39 is 49.5 Å². The fraction of sp³-hybridized carbons (Fsp3) is 0.667. The molecule has 0 spiro atoms. The summed E-state index contributed by atoms with van der Waals surface area (Å²) in [7, 11) is 0. The van der Waals surface area contributed by atoms with Crippen LogP contribution in [-0.4, -0.2) is 53.0 Å². The molecule has 0 radical (unpaired) electrons. The summed E-state index contributed by atoms with van der Waals surface area (Å²) in [6.45, 7) is 1.48. The number of rotatable bonds is 7. The summed E-state index contributed by atoms with van der Waals surface area (Å²) in [5.74, 6) is 0.0845. The van der Waals surface area contributed by atoms with Gasteiger partial charge in [0.05, 0.1) is 25.4 Å². The maximum Gasteiger partial charge on any atom is 0.389 e. The molecule has 0 amide bonds. The van der Waals surface area contributed by atoms with E-state index >= 15 is 0 Å². The van der Waals surface area contributed by atoms with Gasteiger partial charge >= 0.3 is 6.18 Å². The molecule has 148 valence electrons. The Morgan fingerprint density at radius 1 is 1.15 bits per heavy atom. The van der Waals surface area contributed by atoms with E-state index in [2.05, 4.69) is 0 Å². The molecule has 1 aliphatic rings. The Hall–Kier alpha value is -1.35. The second-order valence-electron chi connectivity index (χ2n) is 6.61. The number of alkyl halides is 3. The van der Waals surface area contributed by atoms with E-state index in [0.717, 1.165) is 0 Å². The van der Waals surface area contributed by atoms with Gasteiger partial charge in [-0.15, -0.1) is 0 Å². The Morgan fingerprint density at radius 2 is 1.88 bits per heavy atom. The molecule has 1 fully saturated rings. The Labute approximate surface area is 150 Å². The average Bonchev–Trinajstić information content (AvgIpc) is 2.59. The molecule has 0 saturated carbocycles. The van der Waals surface area contributed by atoms with Gasteiger partial charge in [-0.2, -0.15) is 13.2 Å². The Morgan fingerprint density at radius 3 is 2.54 bits per heavy atom. The third kappa shape index (κ3) is 5.57. The minimum atomic E-state index is -4.15. The van der Waals surface area contributed by atoms with Crippen LogP contribution in [0.25, 0.3) is 0 Å². The number of hydrogen-bond acceptors (Lipinski definition) is 5. The second kappa shape index (κ2) is 9.03. The maximum absolute atomic E-state index is 12.1. The summed E-state index contributed by atoms with van der Waals surface area (Å²) in [6.07, 6.45) is -8.32. The van der Waals surface area contributed by atoms with Crippen LogP contribution in [0.5, 0.6) is 5.75 Å². The van der Waals surface area contributed by atoms with Crippen molar-refractivity contribution in [3.63, 3.8) is 0 Å². The Bertz CT molecular complexity index is 564. The van der Waals surface area contributed by atoms with Crippen molar-refractivity contribution < 1.29 is 38.0 Å². The van der Waals surface area contributed by atoms with Crippen molar-refractivity contribution in [2.45, 2.75) is 56.8 Å². The summed E-state index contributed by atoms with van der Waals surface area (Å²) in [4.78, 5) is 0. The van der Waals surface area contributed by atoms with E-state index in [4.69, 9.17) is 9.47 Å². The van der Waals surface area contributed by atoms with Gasteiger partial charge in [-0.25, -0.2) is 0 Å². The first-order valence-electron chi connectivity index (χ1n) is 8.65. The first-order chi connectivity index (χ1) is 12.2. The van der Waals surface area contributed by atoms with Gasteiger partial charge in [-0.3, -0.25) is 0 Å². The van der Waals surface area contributed by atoms with Crippen LogP contribution in [0.3, 0.4) is 0 Å². The lowest BCUT2D eigenvalue weighted by atomic mass is 9.85. The first-order valence-corrected chi connectivity index (χ1v) is 8.65. The average molecular weight is 378 g/mol. The third-order valence-corrected chi connectivity index (χ3v) is 4.56. The SMILES string of the molecule is C[C@@H]1C(c2cccc(OCCCCC(F)(F)F)c2)O[C@H](CO)[C@@H](O)[C@@H]1O. The van der Waals surface area contributed by atoms with Gasteiger partial charge in [0.1, 0.15) is 18.0 Å². The molecule has 1 aliphatic heterocycles. The van der Waals surface area contributed by atoms with Gasteiger partial charge in [0.2, 0.25) is 0 Å². The van der Waals surface area contributed by atoms with Crippen LogP contribution in [0, 0.1) is 5.92 Å². The maximum atomic E-state index is 12.1. The quantitative estimate of drug-likeness (QED) is 0.636. The van der Waals surface area contributed by atoms with Crippen LogP contribution in [0.1, 0.15) is 37.9 Å². The highest BCUT2D eigenvalue weighted by atomic mass is 19.4. The van der Waals surface area contributed by atoms with E-state index in [1.807, 2.05) is 0 Å². The highest BCUT2D eigenvalue weighted by Gasteiger charge is 2.42. The second-order valence-corrected chi connectivity index (χ2v) is 6.61. The number of unbranched alkanes of at least 4 members (excludes halogenated alkanes) is 1. The lowest BCUT2D eigenvalue weighted by Crippen LogP contribution is -2.51. The largest absolute Gasteiger partial charge is 0.494 e. The molecule has 0 aromatic heterocycles. The van der Waals surface area contributed by atoms with Crippen molar-refractivity contribution in [3.8, 4) is 5.75 Å². The third-order valence-electron chi connectivity index (χ3n) is 4.56. The van der Waals surface area contributed by atoms with E-state index in [1.54, 1.807) is 31.2 Å². The summed E-state index contributed by atoms with van der Waals surface area (Å²) in [5, 5.41) is 29.4. The lowest BCUT2D eigenvalue weighted by molar-refractivity contribution is -0.207. The Balaban J connectivity index is 1.95. The van der Waals surface area contributed by atoms with Gasteiger partial charge in [0, 0.05) is 12.3 Å². The molecule has 26 heavy (non-hydrogen) atoms. The number of ether oxygens (including phenoxy) is 2. The number of aliphatic hydroxyl groups excluding tert-OH is 3. The summed E-state index contributed by atoms with van der Waals surface area (Å²) in [5.41, 5.74) is 0.703. The zero-order valence-electron chi connectivity index (χ0n) is 14.5. The van der Waals surface area contributed by atoms with Gasteiger partial charge in [-0.05, 0) is 30.5 Å². The van der Waals surface area contributed by atoms with Crippen molar-refractivity contribution in [2.75, 3.05) is 13.2 Å². The van der Waals surface area contributed by atoms with Crippen LogP contribution in [-0.2, 0) is 4.74 Å². The van der Waals surface area contributed by atoms with Crippen LogP contribution >= 0.6 is 0 Å². The van der Waals surface area contributed by atoms with Gasteiger partial charge in [0.15, 0.2) is 0 Å². The van der Waals surface area contributed by atoms with E-state index in [-0.39, 0.29) is 19.4 Å². The van der Waals surface area contributed by atoms with Crippen LogP contribution in [0.4, 0.5) is 13.2 Å². The Kier molecular flexibility index (Phi) is 7.28. The van der Waals surface area contributed by atoms with Crippen LogP contribution in [0.15, 0.2) is 24.3 Å². The fourth-order valence-electron chi connectivity index (χ4n) is 3.03. The molecule has 0 aliphatic carbocycles. The zero-order chi connectivity index (χ0) is 19.3. The van der Waals surface area contributed by atoms with Gasteiger partial charge in [0.25, 0.3) is 0 Å². The van der Waals surface area contributed by atoms with Crippen molar-refractivity contribution >= 4 is 0 Å². The predicted molar refractivity (Wildman–Crippen MR) is 87.7 cm³/mol. The highest BCUT2D eigenvalue weighted by molar-refractivity contribution is 5.31. The molecule has 5 nitrogen and oxygen atoms in total. The normalized spacial score (nSPS) is 29.6. The number of benzene rings is 1. The molecule has 0 bridgehead atoms. The molecular weight excluding hydrogens is 353 g/mol. The molecule has 5 atom stereocenters. The molecule has 1 aromatic rings. The molecule has 1 heterocycles. The molecule has 1 unspecified atom stereocenters. The number of hydrogen-bond donors (Lipinski definition) is 3. The number of halogens is 3. The molecule has 2 rings (SSSR count). The fourth-order valence-corrected chi connectivity index (χ4v) is 3.03. The smallest absolute Gasteiger partial charge is 0.389 e. The monoisotopic (exact) mass is 378 g/mol. The number of aliphatic hydroxyl groups is 3. The highest BCUT2D eigenvalue weighted by Crippen LogP contribution is 2.37. The molecular formula is C18H25F3O5. The van der Waals surface area contributed by atoms with Gasteiger partial charge < -0.3 is 24.8 Å². The minimum Gasteiger partial charge on any atom is -0.494 e. The molecule has 1 saturated heterocycles. The summed E-state index contributed by atoms with van der Waals surface area (Å²) in [6, 6.07) is 6.89. The van der Waals surface area contributed by atoms with Crippen molar-refractivity contribution in [2.24, 2.45) is 5.92 Å². The predicted octanol–water partition coefficient (Wildman–Crippen LogP) is 2.59. The minimum absolute atomic E-state index is 0.00816. The summed E-state index contributed by atoms with van der Waals surface area (Å²) < 4.78 is 47.5. The van der Waals surface area contributed by atoms with Gasteiger partial charge in [-0.1, -0.05) is 19.1 Å². The molecule has 3 N–H and O–H groups in total. The zero-order valence-corrected chi connectivity index (χ0v) is 14.5. The molecule has 8 heteroatoms. The first kappa shape index (κ1) is 21.0. The van der Waals surface area contributed by atoms with E-state index in [0.29, 0.717) is 11.3 Å². The lowest BCUT2D eigenvalue weighted by Gasteiger charge is -2.41. The van der Waals surface area contributed by atoms with E-state index in [9.17, 15) is 28.5 Å². The van der Waals surface area contributed by atoms with E-state index in [1.165, 1.54) is 0 Å². The van der Waals surface area contributed by atoms with Crippen molar-refractivity contribution in [3.05, 3.63) is 29.8 Å².